The van der Waals surface area contributed by atoms with E-state index >= 15 is 0 Å². The molecule has 1 saturated carbocycles. The Morgan fingerprint density at radius 1 is 1.29 bits per heavy atom. The fourth-order valence-electron chi connectivity index (χ4n) is 2.69. The molecule has 100 valence electrons. The molecule has 0 radical (unpaired) electrons. The van der Waals surface area contributed by atoms with Crippen molar-refractivity contribution in [2.45, 2.75) is 64.8 Å². The molecule has 3 N–H and O–H groups in total. The van der Waals surface area contributed by atoms with Gasteiger partial charge < -0.3 is 11.1 Å². The Kier molecular flexibility index (Phi) is 5.44. The standard InChI is InChI=1S/C14H28N2O/c1-4-11-5-7-12(8-6-11)13(17)16-14(2,3)9-10-15/h11-12H,4-10,15H2,1-3H3,(H,16,17). The lowest BCUT2D eigenvalue weighted by Crippen LogP contribution is -2.47. The maximum atomic E-state index is 12.1. The molecule has 0 aromatic heterocycles. The molecule has 0 aromatic rings. The van der Waals surface area contributed by atoms with E-state index in [-0.39, 0.29) is 17.4 Å². The van der Waals surface area contributed by atoms with Crippen molar-refractivity contribution in [3.63, 3.8) is 0 Å². The summed E-state index contributed by atoms with van der Waals surface area (Å²) >= 11 is 0. The van der Waals surface area contributed by atoms with Crippen LogP contribution in [0.3, 0.4) is 0 Å². The Morgan fingerprint density at radius 3 is 2.35 bits per heavy atom. The first-order valence-corrected chi connectivity index (χ1v) is 7.00. The van der Waals surface area contributed by atoms with Crippen molar-refractivity contribution in [1.82, 2.24) is 5.32 Å². The quantitative estimate of drug-likeness (QED) is 0.775. The van der Waals surface area contributed by atoms with Gasteiger partial charge >= 0.3 is 0 Å². The highest BCUT2D eigenvalue weighted by Gasteiger charge is 2.28. The molecule has 3 nitrogen and oxygen atoms in total. The second-order valence-corrected chi connectivity index (χ2v) is 6.04. The largest absolute Gasteiger partial charge is 0.351 e. The Hall–Kier alpha value is -0.570. The summed E-state index contributed by atoms with van der Waals surface area (Å²) in [6.45, 7) is 6.97. The highest BCUT2D eigenvalue weighted by atomic mass is 16.2. The van der Waals surface area contributed by atoms with E-state index < -0.39 is 0 Å². The first-order valence-electron chi connectivity index (χ1n) is 7.00. The molecule has 1 aliphatic rings. The van der Waals surface area contributed by atoms with Crippen molar-refractivity contribution >= 4 is 5.91 Å². The Labute approximate surface area is 106 Å². The average molecular weight is 240 g/mol. The summed E-state index contributed by atoms with van der Waals surface area (Å²) in [7, 11) is 0. The zero-order valence-electron chi connectivity index (χ0n) is 11.6. The number of hydrogen-bond donors (Lipinski definition) is 2. The number of nitrogens with two attached hydrogens (primary N) is 1. The zero-order valence-corrected chi connectivity index (χ0v) is 11.6. The lowest BCUT2D eigenvalue weighted by molar-refractivity contribution is -0.127. The predicted octanol–water partition coefficient (Wildman–Crippen LogP) is 2.45. The second kappa shape index (κ2) is 6.39. The minimum Gasteiger partial charge on any atom is -0.351 e. The van der Waals surface area contributed by atoms with Crippen LogP contribution < -0.4 is 11.1 Å². The molecule has 1 amide bonds. The Bertz CT molecular complexity index is 243. The van der Waals surface area contributed by atoms with Gasteiger partial charge in [0, 0.05) is 11.5 Å². The van der Waals surface area contributed by atoms with Gasteiger partial charge in [-0.3, -0.25) is 4.79 Å². The lowest BCUT2D eigenvalue weighted by atomic mass is 9.80. The Morgan fingerprint density at radius 2 is 1.88 bits per heavy atom. The molecule has 0 heterocycles. The van der Waals surface area contributed by atoms with Gasteiger partial charge in [0.25, 0.3) is 0 Å². The van der Waals surface area contributed by atoms with Crippen molar-refractivity contribution < 1.29 is 4.79 Å². The van der Waals surface area contributed by atoms with Crippen molar-refractivity contribution in [1.29, 1.82) is 0 Å². The third kappa shape index (κ3) is 4.66. The third-order valence-corrected chi connectivity index (χ3v) is 4.03. The molecule has 0 saturated heterocycles. The van der Waals surface area contributed by atoms with Crippen LogP contribution in [0.15, 0.2) is 0 Å². The summed E-state index contributed by atoms with van der Waals surface area (Å²) in [6, 6.07) is 0. The summed E-state index contributed by atoms with van der Waals surface area (Å²) in [5, 5.41) is 3.14. The fourth-order valence-corrected chi connectivity index (χ4v) is 2.69. The molecule has 0 bridgehead atoms. The van der Waals surface area contributed by atoms with Crippen LogP contribution in [0, 0.1) is 11.8 Å². The summed E-state index contributed by atoms with van der Waals surface area (Å²) in [5.41, 5.74) is 5.39. The van der Waals surface area contributed by atoms with Crippen LogP contribution in [0.2, 0.25) is 0 Å². The van der Waals surface area contributed by atoms with E-state index in [1.165, 1.54) is 19.3 Å². The molecular weight excluding hydrogens is 212 g/mol. The maximum absolute atomic E-state index is 12.1. The zero-order chi connectivity index (χ0) is 12.9. The van der Waals surface area contributed by atoms with E-state index in [0.29, 0.717) is 6.54 Å². The molecule has 0 unspecified atom stereocenters. The smallest absolute Gasteiger partial charge is 0.223 e. The SMILES string of the molecule is CCC1CCC(C(=O)NC(C)(C)CCN)CC1. The van der Waals surface area contributed by atoms with Crippen LogP contribution in [0.4, 0.5) is 0 Å². The van der Waals surface area contributed by atoms with Crippen LogP contribution in [0.25, 0.3) is 0 Å². The van der Waals surface area contributed by atoms with Gasteiger partial charge in [0.15, 0.2) is 0 Å². The molecule has 3 heteroatoms. The van der Waals surface area contributed by atoms with Crippen LogP contribution in [-0.4, -0.2) is 18.0 Å². The third-order valence-electron chi connectivity index (χ3n) is 4.03. The van der Waals surface area contributed by atoms with E-state index in [1.807, 2.05) is 0 Å². The van der Waals surface area contributed by atoms with Gasteiger partial charge in [0.2, 0.25) is 5.91 Å². The highest BCUT2D eigenvalue weighted by molar-refractivity contribution is 5.79. The minimum atomic E-state index is -0.159. The number of amides is 1. The van der Waals surface area contributed by atoms with Gasteiger partial charge in [0.1, 0.15) is 0 Å². The maximum Gasteiger partial charge on any atom is 0.223 e. The van der Waals surface area contributed by atoms with Gasteiger partial charge in [-0.25, -0.2) is 0 Å². The van der Waals surface area contributed by atoms with Crippen molar-refractivity contribution in [2.24, 2.45) is 17.6 Å². The van der Waals surface area contributed by atoms with Gasteiger partial charge in [0.05, 0.1) is 0 Å². The van der Waals surface area contributed by atoms with Crippen LogP contribution in [0.1, 0.15) is 59.3 Å². The summed E-state index contributed by atoms with van der Waals surface area (Å²) in [6.07, 6.45) is 6.64. The number of carbonyl (C=O) groups excluding carboxylic acids is 1. The molecule has 0 atom stereocenters. The van der Waals surface area contributed by atoms with Gasteiger partial charge in [-0.2, -0.15) is 0 Å². The topological polar surface area (TPSA) is 55.1 Å². The van der Waals surface area contributed by atoms with E-state index in [1.54, 1.807) is 0 Å². The first-order chi connectivity index (χ1) is 7.98. The van der Waals surface area contributed by atoms with Crippen LogP contribution in [-0.2, 0) is 4.79 Å². The van der Waals surface area contributed by atoms with E-state index in [9.17, 15) is 4.79 Å². The normalized spacial score (nSPS) is 25.6. The van der Waals surface area contributed by atoms with Crippen molar-refractivity contribution in [2.75, 3.05) is 6.54 Å². The average Bonchev–Trinajstić information content (AvgIpc) is 2.28. The van der Waals surface area contributed by atoms with Crippen LogP contribution >= 0.6 is 0 Å². The number of carbonyl (C=O) groups is 1. The number of rotatable bonds is 5. The van der Waals surface area contributed by atoms with Gasteiger partial charge in [-0.1, -0.05) is 13.3 Å². The molecule has 0 spiro atoms. The molecule has 0 aliphatic heterocycles. The Balaban J connectivity index is 2.39. The molecular formula is C14H28N2O. The van der Waals surface area contributed by atoms with Crippen molar-refractivity contribution in [3.8, 4) is 0 Å². The minimum absolute atomic E-state index is 0.159. The molecule has 1 aliphatic carbocycles. The van der Waals surface area contributed by atoms with Gasteiger partial charge in [-0.05, 0) is 58.4 Å². The molecule has 0 aromatic carbocycles. The highest BCUT2D eigenvalue weighted by Crippen LogP contribution is 2.31. The second-order valence-electron chi connectivity index (χ2n) is 6.04. The lowest BCUT2D eigenvalue weighted by Gasteiger charge is -2.31. The van der Waals surface area contributed by atoms with E-state index in [4.69, 9.17) is 5.73 Å². The number of hydrogen-bond acceptors (Lipinski definition) is 2. The fraction of sp³-hybridized carbons (Fsp3) is 0.929. The van der Waals surface area contributed by atoms with Crippen LogP contribution in [0.5, 0.6) is 0 Å². The summed E-state index contributed by atoms with van der Waals surface area (Å²) in [4.78, 5) is 12.1. The first kappa shape index (κ1) is 14.5. The molecule has 1 rings (SSSR count). The van der Waals surface area contributed by atoms with Crippen molar-refractivity contribution in [3.05, 3.63) is 0 Å². The molecule has 17 heavy (non-hydrogen) atoms. The molecule has 1 fully saturated rings. The van der Waals surface area contributed by atoms with E-state index in [2.05, 4.69) is 26.1 Å². The summed E-state index contributed by atoms with van der Waals surface area (Å²) in [5.74, 6) is 1.31. The number of nitrogens with one attached hydrogen (secondary N) is 1. The monoisotopic (exact) mass is 240 g/mol. The summed E-state index contributed by atoms with van der Waals surface area (Å²) < 4.78 is 0. The van der Waals surface area contributed by atoms with E-state index in [0.717, 1.165) is 25.2 Å². The predicted molar refractivity (Wildman–Crippen MR) is 71.6 cm³/mol. The van der Waals surface area contributed by atoms with Gasteiger partial charge in [-0.15, -0.1) is 0 Å².